The molecule has 1 aromatic rings. The van der Waals surface area contributed by atoms with Crippen molar-refractivity contribution < 1.29 is 0 Å². The summed E-state index contributed by atoms with van der Waals surface area (Å²) >= 11 is 8.24. The minimum absolute atomic E-state index is 0.608. The molecule has 3 atom stereocenters. The lowest BCUT2D eigenvalue weighted by atomic mass is 9.79. The molecule has 0 amide bonds. The number of halogens is 1. The number of nitrogens with one attached hydrogen (secondary N) is 1. The number of hydrogen-bond acceptors (Lipinski definition) is 2. The van der Waals surface area contributed by atoms with Crippen LogP contribution < -0.4 is 5.32 Å². The van der Waals surface area contributed by atoms with Gasteiger partial charge in [0.1, 0.15) is 0 Å². The average molecular weight is 298 g/mol. The minimum Gasteiger partial charge on any atom is -0.316 e. The molecule has 0 aliphatic heterocycles. The van der Waals surface area contributed by atoms with Crippen molar-refractivity contribution in [2.45, 2.75) is 49.3 Å². The molecule has 0 saturated heterocycles. The fraction of sp³-hybridized carbons (Fsp3) is 0.625. The van der Waals surface area contributed by atoms with Crippen LogP contribution in [0.3, 0.4) is 0 Å². The van der Waals surface area contributed by atoms with E-state index in [4.69, 9.17) is 11.6 Å². The van der Waals surface area contributed by atoms with Crippen LogP contribution in [-0.2, 0) is 0 Å². The summed E-state index contributed by atoms with van der Waals surface area (Å²) in [5.74, 6) is 1.64. The quantitative estimate of drug-likeness (QED) is 0.853. The zero-order chi connectivity index (χ0) is 13.8. The van der Waals surface area contributed by atoms with Crippen LogP contribution in [0.1, 0.15) is 33.1 Å². The van der Waals surface area contributed by atoms with E-state index in [-0.39, 0.29) is 0 Å². The molecule has 3 unspecified atom stereocenters. The standard InChI is InChI=1S/C16H24ClNS/c1-11(2)12-8-9-14(18-3)16(10-12)19-15-7-5-4-6-13(15)17/h4-7,11-12,14,16,18H,8-10H2,1-3H3. The smallest absolute Gasteiger partial charge is 0.0541 e. The van der Waals surface area contributed by atoms with Gasteiger partial charge in [-0.05, 0) is 50.3 Å². The van der Waals surface area contributed by atoms with Crippen molar-refractivity contribution in [3.63, 3.8) is 0 Å². The van der Waals surface area contributed by atoms with E-state index in [0.29, 0.717) is 11.3 Å². The Bertz CT molecular complexity index is 407. The Labute approximate surface area is 126 Å². The van der Waals surface area contributed by atoms with E-state index in [9.17, 15) is 0 Å². The van der Waals surface area contributed by atoms with Crippen LogP contribution in [-0.4, -0.2) is 18.3 Å². The minimum atomic E-state index is 0.608. The fourth-order valence-electron chi connectivity index (χ4n) is 2.93. The molecule has 1 fully saturated rings. The van der Waals surface area contributed by atoms with Gasteiger partial charge in [-0.1, -0.05) is 37.6 Å². The van der Waals surface area contributed by atoms with Crippen LogP contribution in [0.15, 0.2) is 29.2 Å². The average Bonchev–Trinajstić information content (AvgIpc) is 2.41. The summed E-state index contributed by atoms with van der Waals surface area (Å²) in [5, 5.41) is 5.00. The molecule has 0 spiro atoms. The molecule has 0 heterocycles. The maximum Gasteiger partial charge on any atom is 0.0541 e. The van der Waals surface area contributed by atoms with Gasteiger partial charge in [-0.3, -0.25) is 0 Å². The Hall–Kier alpha value is -0.180. The Kier molecular flexibility index (Phi) is 5.61. The first-order valence-electron chi connectivity index (χ1n) is 7.20. The van der Waals surface area contributed by atoms with Crippen LogP contribution in [0.5, 0.6) is 0 Å². The first-order chi connectivity index (χ1) is 9.11. The summed E-state index contributed by atoms with van der Waals surface area (Å²) in [5.41, 5.74) is 0. The highest BCUT2D eigenvalue weighted by molar-refractivity contribution is 8.00. The van der Waals surface area contributed by atoms with Crippen LogP contribution in [0.4, 0.5) is 0 Å². The third kappa shape index (κ3) is 3.90. The van der Waals surface area contributed by atoms with Gasteiger partial charge >= 0.3 is 0 Å². The van der Waals surface area contributed by atoms with Crippen LogP contribution >= 0.6 is 23.4 Å². The van der Waals surface area contributed by atoms with Crippen molar-refractivity contribution >= 4 is 23.4 Å². The molecule has 3 heteroatoms. The monoisotopic (exact) mass is 297 g/mol. The van der Waals surface area contributed by atoms with Gasteiger partial charge < -0.3 is 5.32 Å². The Morgan fingerprint density at radius 3 is 2.63 bits per heavy atom. The Morgan fingerprint density at radius 1 is 1.26 bits per heavy atom. The highest BCUT2D eigenvalue weighted by atomic mass is 35.5. The molecule has 1 saturated carbocycles. The van der Waals surface area contributed by atoms with E-state index in [1.165, 1.54) is 24.2 Å². The van der Waals surface area contributed by atoms with E-state index in [1.54, 1.807) is 0 Å². The van der Waals surface area contributed by atoms with E-state index in [0.717, 1.165) is 16.9 Å². The second kappa shape index (κ2) is 7.01. The molecule has 1 nitrogen and oxygen atoms in total. The molecule has 1 aromatic carbocycles. The van der Waals surface area contributed by atoms with Gasteiger partial charge in [0.25, 0.3) is 0 Å². The molecule has 1 aliphatic carbocycles. The van der Waals surface area contributed by atoms with Gasteiger partial charge in [0.2, 0.25) is 0 Å². The van der Waals surface area contributed by atoms with Crippen LogP contribution in [0.25, 0.3) is 0 Å². The molecule has 2 rings (SSSR count). The number of thioether (sulfide) groups is 1. The highest BCUT2D eigenvalue weighted by Gasteiger charge is 2.31. The normalized spacial score (nSPS) is 27.7. The van der Waals surface area contributed by atoms with Gasteiger partial charge in [0.05, 0.1) is 5.02 Å². The van der Waals surface area contributed by atoms with Crippen LogP contribution in [0.2, 0.25) is 5.02 Å². The van der Waals surface area contributed by atoms with E-state index in [2.05, 4.69) is 38.3 Å². The first-order valence-corrected chi connectivity index (χ1v) is 8.46. The van der Waals surface area contributed by atoms with Crippen molar-refractivity contribution in [3.8, 4) is 0 Å². The summed E-state index contributed by atoms with van der Waals surface area (Å²) in [7, 11) is 2.08. The Balaban J connectivity index is 2.08. The molecular weight excluding hydrogens is 274 g/mol. The van der Waals surface area contributed by atoms with E-state index < -0.39 is 0 Å². The molecule has 1 N–H and O–H groups in total. The summed E-state index contributed by atoms with van der Waals surface area (Å²) in [6.45, 7) is 4.70. The van der Waals surface area contributed by atoms with E-state index >= 15 is 0 Å². The summed E-state index contributed by atoms with van der Waals surface area (Å²) in [6.07, 6.45) is 3.92. The fourth-order valence-corrected chi connectivity index (χ4v) is 4.64. The summed E-state index contributed by atoms with van der Waals surface area (Å²) in [4.78, 5) is 1.22. The molecule has 0 radical (unpaired) electrons. The van der Waals surface area contributed by atoms with Crippen molar-refractivity contribution in [1.29, 1.82) is 0 Å². The largest absolute Gasteiger partial charge is 0.316 e. The SMILES string of the molecule is CNC1CCC(C(C)C)CC1Sc1ccccc1Cl. The van der Waals surface area contributed by atoms with Crippen molar-refractivity contribution in [2.75, 3.05) is 7.05 Å². The van der Waals surface area contributed by atoms with Gasteiger partial charge in [-0.2, -0.15) is 0 Å². The van der Waals surface area contributed by atoms with Crippen molar-refractivity contribution in [1.82, 2.24) is 5.32 Å². The lowest BCUT2D eigenvalue weighted by molar-refractivity contribution is 0.251. The second-order valence-corrected chi connectivity index (χ2v) is 7.49. The molecular formula is C16H24ClNS. The lowest BCUT2D eigenvalue weighted by Crippen LogP contribution is -2.41. The summed E-state index contributed by atoms with van der Waals surface area (Å²) in [6, 6.07) is 8.81. The Morgan fingerprint density at radius 2 is 2.00 bits per heavy atom. The predicted molar refractivity (Wildman–Crippen MR) is 86.1 cm³/mol. The zero-order valence-corrected chi connectivity index (χ0v) is 13.6. The lowest BCUT2D eigenvalue weighted by Gasteiger charge is -2.37. The van der Waals surface area contributed by atoms with Crippen molar-refractivity contribution in [2.24, 2.45) is 11.8 Å². The van der Waals surface area contributed by atoms with Gasteiger partial charge in [0.15, 0.2) is 0 Å². The topological polar surface area (TPSA) is 12.0 Å². The zero-order valence-electron chi connectivity index (χ0n) is 12.0. The first kappa shape index (κ1) is 15.2. The molecule has 0 aromatic heterocycles. The van der Waals surface area contributed by atoms with Crippen molar-refractivity contribution in [3.05, 3.63) is 29.3 Å². The molecule has 1 aliphatic rings. The maximum atomic E-state index is 6.29. The van der Waals surface area contributed by atoms with Gasteiger partial charge in [0, 0.05) is 16.2 Å². The predicted octanol–water partition coefficient (Wildman–Crippen LogP) is 4.84. The second-order valence-electron chi connectivity index (χ2n) is 5.80. The number of hydrogen-bond donors (Lipinski definition) is 1. The van der Waals surface area contributed by atoms with Crippen LogP contribution in [0, 0.1) is 11.8 Å². The van der Waals surface area contributed by atoms with Gasteiger partial charge in [-0.25, -0.2) is 0 Å². The number of rotatable bonds is 4. The third-order valence-electron chi connectivity index (χ3n) is 4.26. The van der Waals surface area contributed by atoms with E-state index in [1.807, 2.05) is 23.9 Å². The summed E-state index contributed by atoms with van der Waals surface area (Å²) < 4.78 is 0. The highest BCUT2D eigenvalue weighted by Crippen LogP contribution is 2.40. The molecule has 0 bridgehead atoms. The van der Waals surface area contributed by atoms with Gasteiger partial charge in [-0.15, -0.1) is 11.8 Å². The maximum absolute atomic E-state index is 6.29. The number of benzene rings is 1. The third-order valence-corrected chi connectivity index (χ3v) is 6.14. The molecule has 106 valence electrons. The molecule has 19 heavy (non-hydrogen) atoms.